The number of benzene rings is 1. The van der Waals surface area contributed by atoms with Gasteiger partial charge in [0.2, 0.25) is 0 Å². The third kappa shape index (κ3) is 8.74. The molecule has 1 N–H and O–H groups in total. The lowest BCUT2D eigenvalue weighted by atomic mass is 9.98. The molecule has 1 fully saturated rings. The Morgan fingerprint density at radius 1 is 1.07 bits per heavy atom. The molecule has 2 heterocycles. The molecule has 1 aromatic carbocycles. The highest BCUT2D eigenvalue weighted by Crippen LogP contribution is 2.41. The van der Waals surface area contributed by atoms with Crippen LogP contribution in [0.3, 0.4) is 0 Å². The van der Waals surface area contributed by atoms with Gasteiger partial charge in [0.25, 0.3) is 8.32 Å². The summed E-state index contributed by atoms with van der Waals surface area (Å²) in [5, 5.41) is 10.8. The highest BCUT2D eigenvalue weighted by Gasteiger charge is 2.44. The average Bonchev–Trinajstić information content (AvgIpc) is 3.17. The maximum atomic E-state index is 14.0. The molecule has 0 radical (unpaired) electrons. The molecule has 0 saturated carbocycles. The molecule has 0 aromatic heterocycles. The molecule has 246 valence electrons. The molecule has 2 aliphatic rings. The van der Waals surface area contributed by atoms with Gasteiger partial charge >= 0.3 is 12.1 Å². The number of carbonyl (C=O) groups excluding carboxylic acids is 2. The fourth-order valence-corrected chi connectivity index (χ4v) is 5.68. The third-order valence-corrected chi connectivity index (χ3v) is 12.8. The van der Waals surface area contributed by atoms with Crippen LogP contribution in [0.4, 0.5) is 10.5 Å². The van der Waals surface area contributed by atoms with Crippen molar-refractivity contribution in [3.05, 3.63) is 41.5 Å². The zero-order valence-corrected chi connectivity index (χ0v) is 29.8. The number of fused-ring (bicyclic) bond motifs is 2. The van der Waals surface area contributed by atoms with Gasteiger partial charge in [0.1, 0.15) is 35.2 Å². The topological polar surface area (TPSA) is 104 Å². The number of cyclic esters (lactones) is 1. The molecule has 0 bridgehead atoms. The summed E-state index contributed by atoms with van der Waals surface area (Å²) < 4.78 is 30.7. The minimum absolute atomic E-state index is 0.163. The van der Waals surface area contributed by atoms with Crippen molar-refractivity contribution in [3.63, 3.8) is 0 Å². The first kappa shape index (κ1) is 35.8. The maximum absolute atomic E-state index is 14.0. The first-order chi connectivity index (χ1) is 20.0. The van der Waals surface area contributed by atoms with Crippen LogP contribution in [0.1, 0.15) is 91.6 Å². The summed E-state index contributed by atoms with van der Waals surface area (Å²) in [7, 11) is -0.826. The highest BCUT2D eigenvalue weighted by molar-refractivity contribution is 6.74. The van der Waals surface area contributed by atoms with E-state index in [9.17, 15) is 14.7 Å². The van der Waals surface area contributed by atoms with Gasteiger partial charge in [0.15, 0.2) is 5.79 Å². The second-order valence-electron chi connectivity index (χ2n) is 14.9. The van der Waals surface area contributed by atoms with E-state index in [1.807, 2.05) is 66.7 Å². The van der Waals surface area contributed by atoms with Gasteiger partial charge < -0.3 is 28.5 Å². The molecule has 0 spiro atoms. The predicted octanol–water partition coefficient (Wildman–Crippen LogP) is 7.48. The number of anilines is 1. The number of rotatable bonds is 3. The molecular formula is C34H53NO8Si. The van der Waals surface area contributed by atoms with Crippen LogP contribution in [0.5, 0.6) is 5.75 Å². The van der Waals surface area contributed by atoms with Gasteiger partial charge in [0, 0.05) is 19.0 Å². The summed E-state index contributed by atoms with van der Waals surface area (Å²) in [4.78, 5) is 28.5. The number of aliphatic hydroxyl groups is 1. The number of carbonyl (C=O) groups is 2. The normalized spacial score (nSPS) is 27.7. The van der Waals surface area contributed by atoms with Crippen LogP contribution in [0.2, 0.25) is 18.1 Å². The largest absolute Gasteiger partial charge is 0.543 e. The minimum Gasteiger partial charge on any atom is -0.543 e. The number of hydrogen-bond donors (Lipinski definition) is 1. The molecular weight excluding hydrogens is 578 g/mol. The lowest BCUT2D eigenvalue weighted by Crippen LogP contribution is -2.44. The predicted molar refractivity (Wildman–Crippen MR) is 176 cm³/mol. The zero-order valence-electron chi connectivity index (χ0n) is 28.8. The van der Waals surface area contributed by atoms with E-state index in [-0.39, 0.29) is 16.5 Å². The highest BCUT2D eigenvalue weighted by atomic mass is 28.4. The number of ether oxygens (including phenoxy) is 4. The van der Waals surface area contributed by atoms with Gasteiger partial charge in [-0.15, -0.1) is 0 Å². The first-order valence-corrected chi connectivity index (χ1v) is 18.4. The average molecular weight is 632 g/mol. The Balaban J connectivity index is 2.22. The van der Waals surface area contributed by atoms with Gasteiger partial charge in [-0.25, -0.2) is 9.59 Å². The van der Waals surface area contributed by atoms with Crippen LogP contribution in [-0.2, 0) is 18.9 Å². The van der Waals surface area contributed by atoms with Crippen molar-refractivity contribution in [2.24, 2.45) is 5.92 Å². The van der Waals surface area contributed by atoms with Gasteiger partial charge in [-0.05, 0) is 77.7 Å². The Bertz CT molecular complexity index is 1270. The van der Waals surface area contributed by atoms with Crippen LogP contribution in [0, 0.1) is 5.92 Å². The standard InChI is InChI=1S/C34H53NO8Si/c1-21-17-18-25(36)29-26(40-34(9,10)41-29)16-14-15-23-19-24(35(11)31(38)42-32(3,4)5)20-27(28(23)30(37)39-22(21)2)43-44(12,13)33(6,7)8/h14-15,17-22,25-26,29,36H,16H2,1-13H3/b15-14+,18-17-/t21-,22?,25-,26?,29+/m1/s1. The summed E-state index contributed by atoms with van der Waals surface area (Å²) >= 11 is 0. The molecule has 1 saturated heterocycles. The quantitative estimate of drug-likeness (QED) is 0.208. The summed E-state index contributed by atoms with van der Waals surface area (Å²) in [5.41, 5.74) is 0.625. The smallest absolute Gasteiger partial charge is 0.414 e. The number of hydrogen-bond acceptors (Lipinski definition) is 8. The van der Waals surface area contributed by atoms with E-state index in [1.54, 1.807) is 25.3 Å². The van der Waals surface area contributed by atoms with Crippen LogP contribution >= 0.6 is 0 Å². The van der Waals surface area contributed by atoms with Gasteiger partial charge in [-0.1, -0.05) is 52.0 Å². The monoisotopic (exact) mass is 631 g/mol. The van der Waals surface area contributed by atoms with Crippen molar-refractivity contribution in [3.8, 4) is 5.75 Å². The summed E-state index contributed by atoms with van der Waals surface area (Å²) in [6, 6.07) is 3.48. The van der Waals surface area contributed by atoms with Crippen LogP contribution < -0.4 is 9.33 Å². The number of amides is 1. The van der Waals surface area contributed by atoms with E-state index < -0.39 is 56.2 Å². The van der Waals surface area contributed by atoms with E-state index in [0.29, 0.717) is 23.4 Å². The molecule has 44 heavy (non-hydrogen) atoms. The molecule has 1 amide bonds. The Morgan fingerprint density at radius 3 is 2.30 bits per heavy atom. The number of aliphatic hydroxyl groups excluding tert-OH is 1. The Morgan fingerprint density at radius 2 is 1.70 bits per heavy atom. The first-order valence-electron chi connectivity index (χ1n) is 15.4. The van der Waals surface area contributed by atoms with E-state index >= 15 is 0 Å². The summed E-state index contributed by atoms with van der Waals surface area (Å²) in [6.45, 7) is 23.4. The van der Waals surface area contributed by atoms with Crippen molar-refractivity contribution in [2.75, 3.05) is 11.9 Å². The minimum atomic E-state index is -2.46. The van der Waals surface area contributed by atoms with E-state index in [0.717, 1.165) is 0 Å². The molecule has 9 nitrogen and oxygen atoms in total. The fraction of sp³-hybridized carbons (Fsp3) is 0.647. The van der Waals surface area contributed by atoms with Crippen LogP contribution in [0.25, 0.3) is 6.08 Å². The fourth-order valence-electron chi connectivity index (χ4n) is 4.66. The molecule has 10 heteroatoms. The second kappa shape index (κ2) is 13.0. The van der Waals surface area contributed by atoms with E-state index in [4.69, 9.17) is 23.4 Å². The van der Waals surface area contributed by atoms with E-state index in [2.05, 4.69) is 33.9 Å². The van der Waals surface area contributed by atoms with Crippen LogP contribution in [-0.4, -0.2) is 68.3 Å². The Labute approximate surface area is 264 Å². The molecule has 2 aliphatic heterocycles. The molecule has 0 aliphatic carbocycles. The number of esters is 1. The van der Waals surface area contributed by atoms with Crippen LogP contribution in [0.15, 0.2) is 30.4 Å². The molecule has 5 atom stereocenters. The Kier molecular flexibility index (Phi) is 10.6. The SMILES string of the molecule is CC1OC(=O)c2c(cc(N(C)C(=O)OC(C)(C)C)cc2O[Si](C)(C)C(C)(C)C)/C=C/CC2OC(C)(C)O[C@H]2[C@H](O)/C=C\[C@H]1C. The zero-order chi connectivity index (χ0) is 33.4. The van der Waals surface area contributed by atoms with Crippen molar-refractivity contribution >= 4 is 32.1 Å². The van der Waals surface area contributed by atoms with Gasteiger partial charge in [-0.2, -0.15) is 0 Å². The number of nitrogens with zero attached hydrogens (tertiary/aromatic N) is 1. The van der Waals surface area contributed by atoms with Crippen molar-refractivity contribution < 1.29 is 38.1 Å². The van der Waals surface area contributed by atoms with Gasteiger partial charge in [0.05, 0.1) is 11.8 Å². The Hall–Kier alpha value is -2.66. The molecule has 1 aromatic rings. The lowest BCUT2D eigenvalue weighted by molar-refractivity contribution is -0.152. The van der Waals surface area contributed by atoms with Crippen molar-refractivity contribution in [1.29, 1.82) is 0 Å². The van der Waals surface area contributed by atoms with Crippen molar-refractivity contribution in [1.82, 2.24) is 0 Å². The summed E-state index contributed by atoms with van der Waals surface area (Å²) in [6.07, 6.45) is 4.66. The molecule has 3 rings (SSSR count). The summed E-state index contributed by atoms with van der Waals surface area (Å²) in [5.74, 6) is -1.25. The van der Waals surface area contributed by atoms with E-state index in [1.165, 1.54) is 4.90 Å². The second-order valence-corrected chi connectivity index (χ2v) is 19.7. The lowest BCUT2D eigenvalue weighted by Gasteiger charge is -2.37. The molecule has 2 unspecified atom stereocenters. The van der Waals surface area contributed by atoms with Gasteiger partial charge in [-0.3, -0.25) is 4.90 Å². The third-order valence-electron chi connectivity index (χ3n) is 8.42. The maximum Gasteiger partial charge on any atom is 0.414 e. The van der Waals surface area contributed by atoms with Crippen molar-refractivity contribution in [2.45, 2.75) is 130 Å².